The van der Waals surface area contributed by atoms with Gasteiger partial charge in [-0.25, -0.2) is 9.97 Å². The molecular weight excluding hydrogens is 351 g/mol. The van der Waals surface area contributed by atoms with Crippen LogP contribution in [-0.2, 0) is 0 Å². The van der Waals surface area contributed by atoms with Crippen molar-refractivity contribution in [2.45, 2.75) is 6.92 Å². The maximum atomic E-state index is 5.92. The fraction of sp³-hybridized carbons (Fsp3) is 0.0714. The molecule has 0 radical (unpaired) electrons. The molecule has 0 spiro atoms. The molecule has 0 aliphatic rings. The lowest BCUT2D eigenvalue weighted by Crippen LogP contribution is -2.02. The molecule has 0 amide bonds. The van der Waals surface area contributed by atoms with E-state index in [0.29, 0.717) is 11.6 Å². The van der Waals surface area contributed by atoms with E-state index in [1.165, 1.54) is 0 Å². The molecule has 0 saturated heterocycles. The Kier molecular flexibility index (Phi) is 3.06. The first kappa shape index (κ1) is 12.3. The van der Waals surface area contributed by atoms with Gasteiger partial charge in [0.25, 0.3) is 0 Å². The van der Waals surface area contributed by atoms with E-state index in [0.717, 1.165) is 25.7 Å². The minimum absolute atomic E-state index is 0.510. The van der Waals surface area contributed by atoms with Gasteiger partial charge in [0.1, 0.15) is 5.82 Å². The van der Waals surface area contributed by atoms with Gasteiger partial charge in [-0.2, -0.15) is 0 Å². The molecule has 3 aromatic rings. The van der Waals surface area contributed by atoms with Gasteiger partial charge in [-0.05, 0) is 41.6 Å². The summed E-state index contributed by atoms with van der Waals surface area (Å²) < 4.78 is 0.898. The molecule has 0 fully saturated rings. The number of pyridine rings is 1. The summed E-state index contributed by atoms with van der Waals surface area (Å²) >= 11 is 2.16. The molecule has 2 N–H and O–H groups in total. The first-order valence-corrected chi connectivity index (χ1v) is 6.88. The monoisotopic (exact) mass is 362 g/mol. The van der Waals surface area contributed by atoms with Crippen LogP contribution in [0.3, 0.4) is 0 Å². The number of nitrogens with two attached hydrogens (primary N) is 1. The Balaban J connectivity index is 2.31. The van der Waals surface area contributed by atoms with Gasteiger partial charge in [0.05, 0.1) is 14.8 Å². The zero-order valence-electron chi connectivity index (χ0n) is 10.3. The summed E-state index contributed by atoms with van der Waals surface area (Å²) in [6, 6.07) is 9.91. The average Bonchev–Trinajstić information content (AvgIpc) is 2.43. The zero-order chi connectivity index (χ0) is 13.4. The second-order valence-corrected chi connectivity index (χ2v) is 5.29. The highest BCUT2D eigenvalue weighted by Gasteiger charge is 2.11. The van der Waals surface area contributed by atoms with E-state index < -0.39 is 0 Å². The largest absolute Gasteiger partial charge is 0.383 e. The number of anilines is 1. The van der Waals surface area contributed by atoms with E-state index in [9.17, 15) is 0 Å². The molecule has 94 valence electrons. The van der Waals surface area contributed by atoms with Crippen LogP contribution in [0.4, 0.5) is 5.82 Å². The highest BCUT2D eigenvalue weighted by molar-refractivity contribution is 14.1. The molecule has 0 atom stereocenters. The Labute approximate surface area is 124 Å². The van der Waals surface area contributed by atoms with Crippen molar-refractivity contribution in [3.05, 3.63) is 45.8 Å². The van der Waals surface area contributed by atoms with Gasteiger partial charge in [-0.3, -0.25) is 4.98 Å². The van der Waals surface area contributed by atoms with Gasteiger partial charge in [0.2, 0.25) is 0 Å². The quantitative estimate of drug-likeness (QED) is 0.676. The van der Waals surface area contributed by atoms with Crippen molar-refractivity contribution in [3.63, 3.8) is 0 Å². The molecule has 2 heterocycles. The highest BCUT2D eigenvalue weighted by atomic mass is 127. The number of nitrogens with zero attached hydrogens (tertiary/aromatic N) is 3. The summed E-state index contributed by atoms with van der Waals surface area (Å²) in [5.74, 6) is 1.13. The molecule has 0 aliphatic heterocycles. The van der Waals surface area contributed by atoms with E-state index in [1.807, 2.05) is 37.3 Å². The Hall–Kier alpha value is -1.76. The first-order valence-electron chi connectivity index (χ1n) is 5.80. The SMILES string of the molecule is Cc1nc(-c2cccc3cccnc23)nc(N)c1I. The molecule has 19 heavy (non-hydrogen) atoms. The lowest BCUT2D eigenvalue weighted by Gasteiger charge is -2.08. The van der Waals surface area contributed by atoms with Crippen LogP contribution in [0.2, 0.25) is 0 Å². The number of rotatable bonds is 1. The summed E-state index contributed by atoms with van der Waals surface area (Å²) in [4.78, 5) is 13.3. The van der Waals surface area contributed by atoms with Crippen LogP contribution in [-0.4, -0.2) is 15.0 Å². The number of halogens is 1. The van der Waals surface area contributed by atoms with Gasteiger partial charge >= 0.3 is 0 Å². The summed E-state index contributed by atoms with van der Waals surface area (Å²) in [7, 11) is 0. The number of para-hydroxylation sites is 1. The minimum Gasteiger partial charge on any atom is -0.383 e. The fourth-order valence-corrected chi connectivity index (χ4v) is 2.23. The number of fused-ring (bicyclic) bond motifs is 1. The van der Waals surface area contributed by atoms with Crippen molar-refractivity contribution in [2.24, 2.45) is 0 Å². The van der Waals surface area contributed by atoms with Crippen molar-refractivity contribution in [1.29, 1.82) is 0 Å². The number of hydrogen-bond donors (Lipinski definition) is 1. The van der Waals surface area contributed by atoms with E-state index >= 15 is 0 Å². The Morgan fingerprint density at radius 2 is 1.89 bits per heavy atom. The van der Waals surface area contributed by atoms with E-state index in [1.54, 1.807) is 6.20 Å². The van der Waals surface area contributed by atoms with Gasteiger partial charge in [-0.15, -0.1) is 0 Å². The van der Waals surface area contributed by atoms with Crippen LogP contribution in [0.25, 0.3) is 22.3 Å². The molecule has 0 aliphatic carbocycles. The zero-order valence-corrected chi connectivity index (χ0v) is 12.4. The van der Waals surface area contributed by atoms with Crippen molar-refractivity contribution < 1.29 is 0 Å². The maximum Gasteiger partial charge on any atom is 0.164 e. The number of aromatic nitrogens is 3. The average molecular weight is 362 g/mol. The molecule has 5 heteroatoms. The van der Waals surface area contributed by atoms with Crippen LogP contribution in [0.5, 0.6) is 0 Å². The smallest absolute Gasteiger partial charge is 0.164 e. The third kappa shape index (κ3) is 2.14. The second kappa shape index (κ2) is 4.73. The lowest BCUT2D eigenvalue weighted by atomic mass is 10.1. The van der Waals surface area contributed by atoms with Gasteiger partial charge in [0.15, 0.2) is 5.82 Å². The fourth-order valence-electron chi connectivity index (χ4n) is 1.99. The van der Waals surface area contributed by atoms with Gasteiger partial charge < -0.3 is 5.73 Å². The topological polar surface area (TPSA) is 64.7 Å². The van der Waals surface area contributed by atoms with Crippen LogP contribution in [0.15, 0.2) is 36.5 Å². The first-order chi connectivity index (χ1) is 9.16. The van der Waals surface area contributed by atoms with Crippen molar-refractivity contribution in [1.82, 2.24) is 15.0 Å². The normalized spacial score (nSPS) is 10.8. The van der Waals surface area contributed by atoms with Crippen LogP contribution in [0.1, 0.15) is 5.69 Å². The van der Waals surface area contributed by atoms with Gasteiger partial charge in [0, 0.05) is 17.1 Å². The number of nitrogen functional groups attached to an aromatic ring is 1. The van der Waals surface area contributed by atoms with E-state index in [-0.39, 0.29) is 0 Å². The summed E-state index contributed by atoms with van der Waals surface area (Å²) in [5.41, 5.74) is 8.61. The van der Waals surface area contributed by atoms with Crippen LogP contribution < -0.4 is 5.73 Å². The van der Waals surface area contributed by atoms with Gasteiger partial charge in [-0.1, -0.05) is 18.2 Å². The highest BCUT2D eigenvalue weighted by Crippen LogP contribution is 2.26. The second-order valence-electron chi connectivity index (χ2n) is 4.21. The Morgan fingerprint density at radius 1 is 1.11 bits per heavy atom. The Morgan fingerprint density at radius 3 is 2.68 bits per heavy atom. The number of aryl methyl sites for hydroxylation is 1. The molecule has 4 nitrogen and oxygen atoms in total. The lowest BCUT2D eigenvalue weighted by molar-refractivity contribution is 1.10. The minimum atomic E-state index is 0.510. The maximum absolute atomic E-state index is 5.92. The standard InChI is InChI=1S/C14H11IN4/c1-8-11(15)13(16)19-14(18-8)10-6-2-4-9-5-3-7-17-12(9)10/h2-7H,1H3,(H2,16,18,19). The predicted molar refractivity (Wildman–Crippen MR) is 84.6 cm³/mol. The Bertz CT molecular complexity index is 742. The molecule has 1 aromatic carbocycles. The van der Waals surface area contributed by atoms with Crippen molar-refractivity contribution >= 4 is 39.3 Å². The molecule has 3 rings (SSSR count). The molecule has 2 aromatic heterocycles. The summed E-state index contributed by atoms with van der Waals surface area (Å²) in [6.07, 6.45) is 1.77. The number of benzene rings is 1. The van der Waals surface area contributed by atoms with E-state index in [4.69, 9.17) is 5.73 Å². The third-order valence-corrected chi connectivity index (χ3v) is 4.25. The molecular formula is C14H11IN4. The van der Waals surface area contributed by atoms with Crippen LogP contribution >= 0.6 is 22.6 Å². The molecule has 0 saturated carbocycles. The third-order valence-electron chi connectivity index (χ3n) is 2.92. The summed E-state index contributed by atoms with van der Waals surface area (Å²) in [6.45, 7) is 1.93. The predicted octanol–water partition coefficient (Wildman–Crippen LogP) is 3.19. The number of hydrogen-bond acceptors (Lipinski definition) is 4. The molecule has 0 bridgehead atoms. The molecule has 0 unspecified atom stereocenters. The van der Waals surface area contributed by atoms with Crippen molar-refractivity contribution in [2.75, 3.05) is 5.73 Å². The van der Waals surface area contributed by atoms with Crippen molar-refractivity contribution in [3.8, 4) is 11.4 Å². The van der Waals surface area contributed by atoms with E-state index in [2.05, 4.69) is 37.5 Å². The van der Waals surface area contributed by atoms with Crippen LogP contribution in [0, 0.1) is 10.5 Å². The summed E-state index contributed by atoms with van der Waals surface area (Å²) in [5, 5.41) is 1.07.